The number of hydrogen-bond acceptors (Lipinski definition) is 3. The number of fused-ring (bicyclic) bond motifs is 1. The van der Waals surface area contributed by atoms with E-state index in [1.807, 2.05) is 43.7 Å². The second-order valence-electron chi connectivity index (χ2n) is 4.70. The van der Waals surface area contributed by atoms with Crippen LogP contribution < -0.4 is 4.74 Å². The molecule has 2 heterocycles. The summed E-state index contributed by atoms with van der Waals surface area (Å²) in [6.07, 6.45) is 5.46. The first kappa shape index (κ1) is 13.0. The topological polar surface area (TPSA) is 66.6 Å². The van der Waals surface area contributed by atoms with Crippen LogP contribution in [0.1, 0.15) is 11.3 Å². The van der Waals surface area contributed by atoms with E-state index in [0.717, 1.165) is 27.9 Å². The summed E-state index contributed by atoms with van der Waals surface area (Å²) in [5, 5.41) is 14.7. The van der Waals surface area contributed by atoms with Crippen molar-refractivity contribution in [2.45, 2.75) is 0 Å². The van der Waals surface area contributed by atoms with Crippen LogP contribution in [0, 0.1) is 11.3 Å². The number of aromatic nitrogens is 3. The van der Waals surface area contributed by atoms with Gasteiger partial charge in [-0.1, -0.05) is 0 Å². The summed E-state index contributed by atoms with van der Waals surface area (Å²) in [4.78, 5) is 3.17. The third-order valence-electron chi connectivity index (χ3n) is 3.33. The molecule has 1 N–H and O–H groups in total. The zero-order chi connectivity index (χ0) is 14.8. The Labute approximate surface area is 122 Å². The molecule has 0 aliphatic rings. The molecule has 0 fully saturated rings. The molecule has 0 atom stereocenters. The normalized spacial score (nSPS) is 11.6. The minimum atomic E-state index is 0.563. The largest absolute Gasteiger partial charge is 0.497 e. The van der Waals surface area contributed by atoms with E-state index >= 15 is 0 Å². The van der Waals surface area contributed by atoms with Gasteiger partial charge in [0.25, 0.3) is 0 Å². The smallest absolute Gasteiger partial charge is 0.119 e. The van der Waals surface area contributed by atoms with Crippen molar-refractivity contribution in [2.75, 3.05) is 7.11 Å². The van der Waals surface area contributed by atoms with E-state index < -0.39 is 0 Å². The molecule has 21 heavy (non-hydrogen) atoms. The molecule has 0 aliphatic carbocycles. The average Bonchev–Trinajstić information content (AvgIpc) is 3.10. The van der Waals surface area contributed by atoms with Gasteiger partial charge in [-0.3, -0.25) is 4.68 Å². The lowest BCUT2D eigenvalue weighted by atomic mass is 10.0. The Morgan fingerprint density at radius 3 is 2.95 bits per heavy atom. The lowest BCUT2D eigenvalue weighted by Crippen LogP contribution is -1.88. The van der Waals surface area contributed by atoms with Gasteiger partial charge in [0.15, 0.2) is 0 Å². The minimum absolute atomic E-state index is 0.563. The maximum absolute atomic E-state index is 9.45. The van der Waals surface area contributed by atoms with Gasteiger partial charge in [-0.15, -0.1) is 0 Å². The highest BCUT2D eigenvalue weighted by atomic mass is 16.5. The van der Waals surface area contributed by atoms with E-state index in [2.05, 4.69) is 16.2 Å². The van der Waals surface area contributed by atoms with E-state index in [1.54, 1.807) is 17.9 Å². The number of hydrogen-bond donors (Lipinski definition) is 1. The molecule has 5 heteroatoms. The monoisotopic (exact) mass is 278 g/mol. The summed E-state index contributed by atoms with van der Waals surface area (Å²) < 4.78 is 6.96. The van der Waals surface area contributed by atoms with Gasteiger partial charge in [-0.05, 0) is 30.3 Å². The fourth-order valence-corrected chi connectivity index (χ4v) is 2.28. The fourth-order valence-electron chi connectivity index (χ4n) is 2.28. The molecule has 104 valence electrons. The van der Waals surface area contributed by atoms with E-state index in [9.17, 15) is 5.26 Å². The Kier molecular flexibility index (Phi) is 3.20. The number of nitriles is 1. The number of rotatable bonds is 3. The highest BCUT2D eigenvalue weighted by Crippen LogP contribution is 2.29. The zero-order valence-electron chi connectivity index (χ0n) is 11.8. The van der Waals surface area contributed by atoms with E-state index in [1.165, 1.54) is 0 Å². The second-order valence-corrected chi connectivity index (χ2v) is 4.70. The van der Waals surface area contributed by atoms with Gasteiger partial charge in [0.1, 0.15) is 5.75 Å². The first-order chi connectivity index (χ1) is 10.2. The van der Waals surface area contributed by atoms with Gasteiger partial charge in [0.05, 0.1) is 24.4 Å². The van der Waals surface area contributed by atoms with Crippen LogP contribution in [0.2, 0.25) is 0 Å². The molecule has 0 aliphatic heterocycles. The van der Waals surface area contributed by atoms with Crippen molar-refractivity contribution < 1.29 is 4.74 Å². The van der Waals surface area contributed by atoms with Crippen LogP contribution in [-0.4, -0.2) is 21.9 Å². The van der Waals surface area contributed by atoms with Crippen molar-refractivity contribution in [2.24, 2.45) is 7.05 Å². The Balaban J connectivity index is 2.13. The van der Waals surface area contributed by atoms with Gasteiger partial charge < -0.3 is 9.72 Å². The van der Waals surface area contributed by atoms with Crippen LogP contribution in [0.3, 0.4) is 0 Å². The molecule has 0 spiro atoms. The minimum Gasteiger partial charge on any atom is -0.497 e. The number of nitrogens with one attached hydrogen (secondary N) is 1. The van der Waals surface area contributed by atoms with Crippen LogP contribution in [0.15, 0.2) is 36.7 Å². The van der Waals surface area contributed by atoms with E-state index in [0.29, 0.717) is 5.57 Å². The third kappa shape index (κ3) is 2.39. The van der Waals surface area contributed by atoms with Crippen molar-refractivity contribution in [3.05, 3.63) is 47.9 Å². The van der Waals surface area contributed by atoms with Crippen LogP contribution in [0.5, 0.6) is 5.75 Å². The second kappa shape index (κ2) is 5.17. The summed E-state index contributed by atoms with van der Waals surface area (Å²) in [6.45, 7) is 0. The Bertz CT molecular complexity index is 864. The number of methoxy groups -OCH3 is 1. The fraction of sp³-hybridized carbons (Fsp3) is 0.125. The average molecular weight is 278 g/mol. The lowest BCUT2D eigenvalue weighted by Gasteiger charge is -2.01. The Morgan fingerprint density at radius 1 is 1.43 bits per heavy atom. The molecule has 3 rings (SSSR count). The maximum atomic E-state index is 9.45. The highest BCUT2D eigenvalue weighted by Gasteiger charge is 2.10. The predicted molar refractivity (Wildman–Crippen MR) is 81.5 cm³/mol. The molecule has 0 saturated carbocycles. The molecular formula is C16H14N4O. The number of ether oxygens (including phenoxy) is 1. The third-order valence-corrected chi connectivity index (χ3v) is 3.33. The molecule has 0 saturated heterocycles. The molecule has 2 aromatic heterocycles. The van der Waals surface area contributed by atoms with Crippen LogP contribution in [0.25, 0.3) is 22.6 Å². The highest BCUT2D eigenvalue weighted by molar-refractivity contribution is 6.01. The van der Waals surface area contributed by atoms with Crippen molar-refractivity contribution in [3.8, 4) is 11.8 Å². The van der Waals surface area contributed by atoms with Crippen molar-refractivity contribution in [3.63, 3.8) is 0 Å². The maximum Gasteiger partial charge on any atom is 0.119 e. The number of aromatic amines is 1. The molecule has 1 aromatic carbocycles. The summed E-state index contributed by atoms with van der Waals surface area (Å²) in [5.74, 6) is 0.762. The molecular weight excluding hydrogens is 264 g/mol. The summed E-state index contributed by atoms with van der Waals surface area (Å²) in [6, 6.07) is 9.86. The Hall–Kier alpha value is -3.00. The summed E-state index contributed by atoms with van der Waals surface area (Å²) in [5.41, 5.74) is 3.13. The number of benzene rings is 1. The van der Waals surface area contributed by atoms with Gasteiger partial charge >= 0.3 is 0 Å². The van der Waals surface area contributed by atoms with Crippen LogP contribution >= 0.6 is 0 Å². The molecule has 0 unspecified atom stereocenters. The molecule has 0 amide bonds. The number of H-pyrrole nitrogens is 1. The summed E-state index contributed by atoms with van der Waals surface area (Å²) >= 11 is 0. The first-order valence-corrected chi connectivity index (χ1v) is 6.48. The predicted octanol–water partition coefficient (Wildman–Crippen LogP) is 2.97. The first-order valence-electron chi connectivity index (χ1n) is 6.48. The van der Waals surface area contributed by atoms with Gasteiger partial charge in [-0.25, -0.2) is 0 Å². The Morgan fingerprint density at radius 2 is 2.29 bits per heavy atom. The quantitative estimate of drug-likeness (QED) is 0.749. The molecule has 0 radical (unpaired) electrons. The van der Waals surface area contributed by atoms with Crippen molar-refractivity contribution >= 4 is 22.6 Å². The van der Waals surface area contributed by atoms with Gasteiger partial charge in [0, 0.05) is 35.9 Å². The van der Waals surface area contributed by atoms with Crippen LogP contribution in [0.4, 0.5) is 0 Å². The van der Waals surface area contributed by atoms with Crippen molar-refractivity contribution in [1.82, 2.24) is 14.8 Å². The number of allylic oxidation sites excluding steroid dienone is 1. The van der Waals surface area contributed by atoms with Gasteiger partial charge in [-0.2, -0.15) is 10.4 Å². The molecule has 5 nitrogen and oxygen atoms in total. The van der Waals surface area contributed by atoms with E-state index in [4.69, 9.17) is 4.74 Å². The zero-order valence-corrected chi connectivity index (χ0v) is 11.8. The summed E-state index contributed by atoms with van der Waals surface area (Å²) in [7, 11) is 3.47. The number of nitrogens with zero attached hydrogens (tertiary/aromatic N) is 3. The molecule has 0 bridgehead atoms. The van der Waals surface area contributed by atoms with Gasteiger partial charge in [0.2, 0.25) is 0 Å². The SMILES string of the molecule is COc1ccc2[nH]cc(C(C#N)=Cc3ccn(C)n3)c2c1. The molecule has 3 aromatic rings. The van der Waals surface area contributed by atoms with E-state index in [-0.39, 0.29) is 0 Å². The van der Waals surface area contributed by atoms with Crippen LogP contribution in [-0.2, 0) is 7.05 Å². The van der Waals surface area contributed by atoms with Crippen molar-refractivity contribution in [1.29, 1.82) is 5.26 Å². The number of aryl methyl sites for hydroxylation is 1. The lowest BCUT2D eigenvalue weighted by molar-refractivity contribution is 0.415. The standard InChI is InChI=1S/C16H14N4O/c1-20-6-5-12(19-20)7-11(9-17)15-10-18-16-4-3-13(21-2)8-14(15)16/h3-8,10,18H,1-2H3.